The number of halogens is 3. The molecule has 0 aliphatic carbocycles. The quantitative estimate of drug-likeness (QED) is 0.925. The number of aliphatic hydroxyl groups excluding tert-OH is 1. The number of hydrogen-bond acceptors (Lipinski definition) is 3. The van der Waals surface area contributed by atoms with Gasteiger partial charge in [0.2, 0.25) is 0 Å². The van der Waals surface area contributed by atoms with E-state index in [0.717, 1.165) is 18.4 Å². The molecular weight excluding hydrogens is 281 g/mol. The fraction of sp³-hybridized carbons (Fsp3) is 0.500. The molecule has 0 fully saturated rings. The molecule has 19 heavy (non-hydrogen) atoms. The first-order chi connectivity index (χ1) is 8.51. The molecule has 0 heterocycles. The minimum Gasteiger partial charge on any atom is -0.391 e. The Morgan fingerprint density at radius 1 is 1.32 bits per heavy atom. The molecule has 108 valence electrons. The molecule has 0 saturated carbocycles. The minimum atomic E-state index is -4.45. The summed E-state index contributed by atoms with van der Waals surface area (Å²) in [5.74, 6) is 0. The van der Waals surface area contributed by atoms with Crippen LogP contribution < -0.4 is 0 Å². The Hall–Kier alpha value is -1.08. The zero-order valence-electron chi connectivity index (χ0n) is 10.5. The van der Waals surface area contributed by atoms with Crippen LogP contribution in [0.3, 0.4) is 0 Å². The lowest BCUT2D eigenvalue weighted by molar-refractivity contribution is -0.137. The highest BCUT2D eigenvalue weighted by atomic mass is 32.2. The van der Waals surface area contributed by atoms with Crippen molar-refractivity contribution in [1.82, 2.24) is 0 Å². The summed E-state index contributed by atoms with van der Waals surface area (Å²) in [5, 5.41) is 8.71. The standard InChI is InChI=1S/C12H15F3O3S/c1-8(19(2,17)18)11(16)7-9-4-3-5-10(6-9)12(13,14)15/h3-6,8,11,16H,7H2,1-2H3. The average molecular weight is 296 g/mol. The summed E-state index contributed by atoms with van der Waals surface area (Å²) in [7, 11) is -3.43. The number of rotatable bonds is 4. The van der Waals surface area contributed by atoms with Crippen molar-refractivity contribution in [3.05, 3.63) is 35.4 Å². The summed E-state index contributed by atoms with van der Waals surface area (Å²) in [5.41, 5.74) is -0.568. The van der Waals surface area contributed by atoms with E-state index in [1.807, 2.05) is 0 Å². The van der Waals surface area contributed by atoms with E-state index >= 15 is 0 Å². The largest absolute Gasteiger partial charge is 0.416 e. The van der Waals surface area contributed by atoms with E-state index < -0.39 is 32.9 Å². The van der Waals surface area contributed by atoms with Crippen LogP contribution in [0.25, 0.3) is 0 Å². The van der Waals surface area contributed by atoms with Gasteiger partial charge in [-0.05, 0) is 25.0 Å². The van der Waals surface area contributed by atoms with E-state index in [2.05, 4.69) is 0 Å². The van der Waals surface area contributed by atoms with Crippen LogP contribution in [0.5, 0.6) is 0 Å². The molecule has 0 bridgehead atoms. The molecule has 0 spiro atoms. The van der Waals surface area contributed by atoms with Crippen LogP contribution in [0.4, 0.5) is 13.2 Å². The van der Waals surface area contributed by atoms with Gasteiger partial charge in [-0.3, -0.25) is 0 Å². The van der Waals surface area contributed by atoms with Gasteiger partial charge >= 0.3 is 6.18 Å². The third-order valence-electron chi connectivity index (χ3n) is 2.92. The maximum absolute atomic E-state index is 12.5. The zero-order chi connectivity index (χ0) is 14.8. The Labute approximate surface area is 110 Å². The fourth-order valence-corrected chi connectivity index (χ4v) is 2.23. The lowest BCUT2D eigenvalue weighted by Gasteiger charge is -2.17. The Kier molecular flexibility index (Phi) is 4.63. The smallest absolute Gasteiger partial charge is 0.391 e. The normalized spacial score (nSPS) is 16.1. The third kappa shape index (κ3) is 4.50. The van der Waals surface area contributed by atoms with E-state index in [-0.39, 0.29) is 12.0 Å². The maximum atomic E-state index is 12.5. The van der Waals surface area contributed by atoms with Crippen molar-refractivity contribution in [1.29, 1.82) is 0 Å². The van der Waals surface area contributed by atoms with E-state index in [0.29, 0.717) is 0 Å². The van der Waals surface area contributed by atoms with E-state index in [1.165, 1.54) is 19.1 Å². The molecular formula is C12H15F3O3S. The molecule has 2 unspecified atom stereocenters. The topological polar surface area (TPSA) is 54.4 Å². The maximum Gasteiger partial charge on any atom is 0.416 e. The predicted molar refractivity (Wildman–Crippen MR) is 65.5 cm³/mol. The van der Waals surface area contributed by atoms with Gasteiger partial charge in [0, 0.05) is 6.26 Å². The highest BCUT2D eigenvalue weighted by molar-refractivity contribution is 7.91. The number of sulfone groups is 1. The number of aliphatic hydroxyl groups is 1. The molecule has 2 atom stereocenters. The molecule has 0 aliphatic heterocycles. The van der Waals surface area contributed by atoms with Crippen LogP contribution in [0, 0.1) is 0 Å². The van der Waals surface area contributed by atoms with Gasteiger partial charge in [-0.2, -0.15) is 13.2 Å². The average Bonchev–Trinajstić information content (AvgIpc) is 2.26. The molecule has 1 rings (SSSR count). The molecule has 0 aliphatic rings. The fourth-order valence-electron chi connectivity index (χ4n) is 1.57. The Balaban J connectivity index is 2.89. The highest BCUT2D eigenvalue weighted by Gasteiger charge is 2.31. The summed E-state index contributed by atoms with van der Waals surface area (Å²) in [4.78, 5) is 0. The minimum absolute atomic E-state index is 0.141. The number of alkyl halides is 3. The SMILES string of the molecule is CC(C(O)Cc1cccc(C(F)(F)F)c1)S(C)(=O)=O. The van der Waals surface area contributed by atoms with Crippen LogP contribution in [-0.4, -0.2) is 31.1 Å². The third-order valence-corrected chi connectivity index (χ3v) is 4.58. The van der Waals surface area contributed by atoms with Gasteiger partial charge in [0.1, 0.15) is 0 Å². The summed E-state index contributed by atoms with van der Waals surface area (Å²) < 4.78 is 60.0. The first-order valence-electron chi connectivity index (χ1n) is 5.55. The second kappa shape index (κ2) is 5.50. The van der Waals surface area contributed by atoms with Crippen molar-refractivity contribution in [2.75, 3.05) is 6.26 Å². The molecule has 0 radical (unpaired) electrons. The van der Waals surface area contributed by atoms with Crippen LogP contribution in [0.1, 0.15) is 18.1 Å². The molecule has 1 aromatic carbocycles. The Bertz CT molecular complexity index is 537. The second-order valence-corrected chi connectivity index (χ2v) is 6.91. The van der Waals surface area contributed by atoms with Gasteiger partial charge in [0.25, 0.3) is 0 Å². The summed E-state index contributed by atoms with van der Waals surface area (Å²) in [6.45, 7) is 1.33. The number of benzene rings is 1. The summed E-state index contributed by atoms with van der Waals surface area (Å²) >= 11 is 0. The second-order valence-electron chi connectivity index (χ2n) is 4.50. The van der Waals surface area contributed by atoms with E-state index in [4.69, 9.17) is 0 Å². The van der Waals surface area contributed by atoms with Gasteiger partial charge < -0.3 is 5.11 Å². The van der Waals surface area contributed by atoms with Crippen molar-refractivity contribution in [2.24, 2.45) is 0 Å². The van der Waals surface area contributed by atoms with Gasteiger partial charge in [-0.1, -0.05) is 18.2 Å². The van der Waals surface area contributed by atoms with Gasteiger partial charge in [0.05, 0.1) is 16.9 Å². The molecule has 1 aromatic rings. The molecule has 0 saturated heterocycles. The predicted octanol–water partition coefficient (Wildman–Crippen LogP) is 2.04. The van der Waals surface area contributed by atoms with Crippen molar-refractivity contribution >= 4 is 9.84 Å². The monoisotopic (exact) mass is 296 g/mol. The van der Waals surface area contributed by atoms with Crippen LogP contribution in [0.2, 0.25) is 0 Å². The van der Waals surface area contributed by atoms with Crippen molar-refractivity contribution in [2.45, 2.75) is 30.9 Å². The first kappa shape index (κ1) is 16.0. The summed E-state index contributed by atoms with van der Waals surface area (Å²) in [6.07, 6.45) is -4.85. The van der Waals surface area contributed by atoms with Gasteiger partial charge in [-0.25, -0.2) is 8.42 Å². The Morgan fingerprint density at radius 3 is 2.37 bits per heavy atom. The van der Waals surface area contributed by atoms with Crippen LogP contribution in [0.15, 0.2) is 24.3 Å². The van der Waals surface area contributed by atoms with Gasteiger partial charge in [-0.15, -0.1) is 0 Å². The van der Waals surface area contributed by atoms with Crippen LogP contribution in [-0.2, 0) is 22.4 Å². The zero-order valence-corrected chi connectivity index (χ0v) is 11.3. The molecule has 1 N–H and O–H groups in total. The van der Waals surface area contributed by atoms with E-state index in [9.17, 15) is 26.7 Å². The number of hydrogen-bond donors (Lipinski definition) is 1. The van der Waals surface area contributed by atoms with E-state index in [1.54, 1.807) is 0 Å². The van der Waals surface area contributed by atoms with Crippen molar-refractivity contribution < 1.29 is 26.7 Å². The van der Waals surface area contributed by atoms with Crippen molar-refractivity contribution in [3.63, 3.8) is 0 Å². The molecule has 7 heteroatoms. The molecule has 0 amide bonds. The van der Waals surface area contributed by atoms with Crippen LogP contribution >= 0.6 is 0 Å². The van der Waals surface area contributed by atoms with Gasteiger partial charge in [0.15, 0.2) is 9.84 Å². The Morgan fingerprint density at radius 2 is 1.89 bits per heavy atom. The lowest BCUT2D eigenvalue weighted by atomic mass is 10.0. The first-order valence-corrected chi connectivity index (χ1v) is 7.50. The molecule has 3 nitrogen and oxygen atoms in total. The summed E-state index contributed by atoms with van der Waals surface area (Å²) in [6, 6.07) is 4.50. The highest BCUT2D eigenvalue weighted by Crippen LogP contribution is 2.29. The lowest BCUT2D eigenvalue weighted by Crippen LogP contribution is -2.32. The molecule has 0 aromatic heterocycles. The van der Waals surface area contributed by atoms with Crippen molar-refractivity contribution in [3.8, 4) is 0 Å².